The predicted molar refractivity (Wildman–Crippen MR) is 147 cm³/mol. The van der Waals surface area contributed by atoms with Gasteiger partial charge in [0.05, 0.1) is 11.2 Å². The summed E-state index contributed by atoms with van der Waals surface area (Å²) >= 11 is 0. The molecule has 2 heterocycles. The summed E-state index contributed by atoms with van der Waals surface area (Å²) in [6, 6.07) is 39.6. The number of pyridine rings is 1. The van der Waals surface area contributed by atoms with Crippen molar-refractivity contribution in [2.24, 2.45) is 0 Å². The fourth-order valence-corrected chi connectivity index (χ4v) is 5.05. The number of halogens is 1. The number of fused-ring (bicyclic) bond motifs is 1. The van der Waals surface area contributed by atoms with E-state index in [1.165, 1.54) is 6.07 Å². The van der Waals surface area contributed by atoms with Gasteiger partial charge in [-0.3, -0.25) is 4.98 Å². The maximum absolute atomic E-state index is 14.8. The van der Waals surface area contributed by atoms with Gasteiger partial charge in [0.15, 0.2) is 0 Å². The summed E-state index contributed by atoms with van der Waals surface area (Å²) in [7, 11) is 0. The summed E-state index contributed by atoms with van der Waals surface area (Å²) in [6.07, 6.45) is 7.51. The molecule has 2 aromatic heterocycles. The summed E-state index contributed by atoms with van der Waals surface area (Å²) in [5, 5.41) is 6.06. The van der Waals surface area contributed by atoms with Crippen LogP contribution in [0.15, 0.2) is 134 Å². The van der Waals surface area contributed by atoms with E-state index >= 15 is 0 Å². The summed E-state index contributed by atoms with van der Waals surface area (Å²) in [4.78, 5) is 4.21. The Bertz CT molecular complexity index is 1560. The number of rotatable bonds is 6. The molecule has 178 valence electrons. The van der Waals surface area contributed by atoms with Crippen LogP contribution >= 0.6 is 0 Å². The highest BCUT2D eigenvalue weighted by Gasteiger charge is 2.40. The van der Waals surface area contributed by atoms with Gasteiger partial charge in [-0.15, -0.1) is 0 Å². The van der Waals surface area contributed by atoms with Crippen LogP contribution in [0.3, 0.4) is 0 Å². The van der Waals surface area contributed by atoms with E-state index in [-0.39, 0.29) is 5.82 Å². The second-order valence-corrected chi connectivity index (χ2v) is 8.89. The van der Waals surface area contributed by atoms with Crippen LogP contribution in [0.2, 0.25) is 0 Å². The van der Waals surface area contributed by atoms with E-state index in [0.717, 1.165) is 33.3 Å². The normalized spacial score (nSPS) is 11.8. The van der Waals surface area contributed by atoms with E-state index < -0.39 is 5.54 Å². The molecule has 0 saturated heterocycles. The molecule has 0 aliphatic heterocycles. The molecular formula is C33H24FN3. The van der Waals surface area contributed by atoms with E-state index in [2.05, 4.69) is 41.4 Å². The zero-order chi connectivity index (χ0) is 25.1. The molecule has 3 nitrogen and oxygen atoms in total. The number of benzene rings is 4. The van der Waals surface area contributed by atoms with Gasteiger partial charge < -0.3 is 0 Å². The number of hydrogen-bond donors (Lipinski definition) is 0. The maximum Gasteiger partial charge on any atom is 0.138 e. The van der Waals surface area contributed by atoms with Crippen molar-refractivity contribution in [3.05, 3.63) is 167 Å². The lowest BCUT2D eigenvalue weighted by molar-refractivity contribution is 0.474. The zero-order valence-electron chi connectivity index (χ0n) is 20.1. The monoisotopic (exact) mass is 481 g/mol. The van der Waals surface area contributed by atoms with Crippen molar-refractivity contribution in [1.82, 2.24) is 14.8 Å². The molecule has 0 amide bonds. The van der Waals surface area contributed by atoms with Crippen molar-refractivity contribution in [2.75, 3.05) is 0 Å². The lowest BCUT2D eigenvalue weighted by Crippen LogP contribution is -2.38. The molecule has 0 unspecified atom stereocenters. The lowest BCUT2D eigenvalue weighted by atomic mass is 9.77. The smallest absolute Gasteiger partial charge is 0.138 e. The van der Waals surface area contributed by atoms with E-state index in [4.69, 9.17) is 5.10 Å². The predicted octanol–water partition coefficient (Wildman–Crippen LogP) is 7.58. The van der Waals surface area contributed by atoms with E-state index in [1.807, 2.05) is 89.6 Å². The van der Waals surface area contributed by atoms with E-state index in [0.29, 0.717) is 5.52 Å². The van der Waals surface area contributed by atoms with Gasteiger partial charge in [0.1, 0.15) is 11.4 Å². The van der Waals surface area contributed by atoms with Crippen LogP contribution in [0.4, 0.5) is 4.39 Å². The average molecular weight is 482 g/mol. The molecule has 37 heavy (non-hydrogen) atoms. The third kappa shape index (κ3) is 4.03. The third-order valence-corrected chi connectivity index (χ3v) is 6.68. The quantitative estimate of drug-likeness (QED) is 0.230. The van der Waals surface area contributed by atoms with Gasteiger partial charge >= 0.3 is 0 Å². The molecule has 0 fully saturated rings. The maximum atomic E-state index is 14.8. The van der Waals surface area contributed by atoms with Crippen LogP contribution in [0.1, 0.15) is 27.9 Å². The second kappa shape index (κ2) is 9.67. The summed E-state index contributed by atoms with van der Waals surface area (Å²) in [5.74, 6) is -0.306. The van der Waals surface area contributed by atoms with Crippen molar-refractivity contribution < 1.29 is 4.39 Å². The number of hydrogen-bond acceptors (Lipinski definition) is 2. The van der Waals surface area contributed by atoms with Gasteiger partial charge in [0.25, 0.3) is 0 Å². The molecule has 0 spiro atoms. The topological polar surface area (TPSA) is 30.7 Å². The molecule has 0 atom stereocenters. The Kier molecular flexibility index (Phi) is 5.91. The fourth-order valence-electron chi connectivity index (χ4n) is 5.05. The Morgan fingerprint density at radius 1 is 0.649 bits per heavy atom. The largest absolute Gasteiger partial charge is 0.264 e. The van der Waals surface area contributed by atoms with Crippen molar-refractivity contribution in [1.29, 1.82) is 0 Å². The highest BCUT2D eigenvalue weighted by Crippen LogP contribution is 2.43. The third-order valence-electron chi connectivity index (χ3n) is 6.68. The van der Waals surface area contributed by atoms with Crippen LogP contribution in [-0.2, 0) is 5.54 Å². The lowest BCUT2D eigenvalue weighted by Gasteiger charge is -2.37. The zero-order valence-corrected chi connectivity index (χ0v) is 20.1. The van der Waals surface area contributed by atoms with Crippen molar-refractivity contribution in [2.45, 2.75) is 5.54 Å². The number of aromatic nitrogens is 3. The Hall–Kier alpha value is -4.83. The minimum absolute atomic E-state index is 0.306. The molecular weight excluding hydrogens is 457 g/mol. The minimum Gasteiger partial charge on any atom is -0.264 e. The van der Waals surface area contributed by atoms with Gasteiger partial charge in [-0.25, -0.2) is 9.07 Å². The summed E-state index contributed by atoms with van der Waals surface area (Å²) in [5.41, 5.74) is 4.69. The molecule has 0 aliphatic carbocycles. The molecule has 0 aliphatic rings. The van der Waals surface area contributed by atoms with Gasteiger partial charge in [-0.05, 0) is 52.6 Å². The molecule has 6 aromatic rings. The van der Waals surface area contributed by atoms with Gasteiger partial charge in [-0.2, -0.15) is 5.10 Å². The summed E-state index contributed by atoms with van der Waals surface area (Å²) in [6.45, 7) is 0. The van der Waals surface area contributed by atoms with E-state index in [1.54, 1.807) is 18.5 Å². The van der Waals surface area contributed by atoms with Gasteiger partial charge in [-0.1, -0.05) is 103 Å². The van der Waals surface area contributed by atoms with Crippen LogP contribution in [0, 0.1) is 5.82 Å². The minimum atomic E-state index is -0.837. The molecule has 4 heteroatoms. The Labute approximate surface area is 215 Å². The average Bonchev–Trinajstić information content (AvgIpc) is 3.32. The van der Waals surface area contributed by atoms with Crippen LogP contribution < -0.4 is 0 Å². The molecule has 0 N–H and O–H groups in total. The fraction of sp³-hybridized carbons (Fsp3) is 0.0303. The van der Waals surface area contributed by atoms with Gasteiger partial charge in [0.2, 0.25) is 0 Å². The van der Waals surface area contributed by atoms with Crippen LogP contribution in [0.25, 0.3) is 23.1 Å². The molecule has 0 bridgehead atoms. The van der Waals surface area contributed by atoms with Crippen LogP contribution in [-0.4, -0.2) is 14.8 Å². The molecule has 0 radical (unpaired) electrons. The number of nitrogens with zero attached hydrogens (tertiary/aromatic N) is 3. The van der Waals surface area contributed by atoms with E-state index in [9.17, 15) is 4.39 Å². The van der Waals surface area contributed by atoms with Crippen molar-refractivity contribution >= 4 is 23.1 Å². The van der Waals surface area contributed by atoms with Crippen molar-refractivity contribution in [3.8, 4) is 0 Å². The Balaban J connectivity index is 1.71. The highest BCUT2D eigenvalue weighted by atomic mass is 19.1. The standard InChI is InChI=1S/C33H24FN3/c34-29-19-20-30-31(21-18-25-11-10-22-35-24-25)36-37(32(30)23-29)33(26-12-4-1-5-13-26,27-14-6-2-7-15-27)28-16-8-3-9-17-28/h1-24H/b21-18+. The first kappa shape index (κ1) is 22.6. The van der Waals surface area contributed by atoms with Crippen LogP contribution in [0.5, 0.6) is 0 Å². The first-order valence-corrected chi connectivity index (χ1v) is 12.2. The first-order valence-electron chi connectivity index (χ1n) is 12.2. The van der Waals surface area contributed by atoms with Crippen molar-refractivity contribution in [3.63, 3.8) is 0 Å². The molecule has 4 aromatic carbocycles. The Morgan fingerprint density at radius 2 is 1.24 bits per heavy atom. The Morgan fingerprint density at radius 3 is 1.78 bits per heavy atom. The van der Waals surface area contributed by atoms with Gasteiger partial charge in [0, 0.05) is 17.8 Å². The second-order valence-electron chi connectivity index (χ2n) is 8.89. The first-order chi connectivity index (χ1) is 18.3. The highest BCUT2D eigenvalue weighted by molar-refractivity contribution is 5.90. The molecule has 0 saturated carbocycles. The SMILES string of the molecule is Fc1ccc2c(/C=C/c3cccnc3)nn(C(c3ccccc3)(c3ccccc3)c3ccccc3)c2c1. The summed E-state index contributed by atoms with van der Waals surface area (Å²) < 4.78 is 16.8. The molecule has 6 rings (SSSR count).